The maximum atomic E-state index is 13.0. The Labute approximate surface area is 175 Å². The van der Waals surface area contributed by atoms with Crippen LogP contribution in [-0.4, -0.2) is 51.2 Å². The van der Waals surface area contributed by atoms with Crippen molar-refractivity contribution in [3.8, 4) is 11.3 Å². The fourth-order valence-corrected chi connectivity index (χ4v) is 3.92. The van der Waals surface area contributed by atoms with Gasteiger partial charge in [0.25, 0.3) is 5.91 Å². The second-order valence-electron chi connectivity index (χ2n) is 7.97. The number of aryl methyl sites for hydroxylation is 2. The molecule has 4 rings (SSSR count). The van der Waals surface area contributed by atoms with E-state index >= 15 is 0 Å². The molecule has 30 heavy (non-hydrogen) atoms. The number of carbonyl (C=O) groups is 2. The van der Waals surface area contributed by atoms with Gasteiger partial charge in [0.15, 0.2) is 12.3 Å². The fraction of sp³-hybridized carbons (Fsp3) is 0.391. The zero-order valence-electron chi connectivity index (χ0n) is 17.6. The van der Waals surface area contributed by atoms with Crippen LogP contribution < -0.4 is 0 Å². The highest BCUT2D eigenvalue weighted by Gasteiger charge is 2.24. The highest BCUT2D eigenvalue weighted by atomic mass is 16.5. The number of likely N-dealkylation sites (tertiary alicyclic amines) is 1. The molecule has 2 aromatic heterocycles. The molecule has 0 unspecified atom stereocenters. The summed E-state index contributed by atoms with van der Waals surface area (Å²) in [6.07, 6.45) is 1.97. The van der Waals surface area contributed by atoms with Crippen molar-refractivity contribution in [2.75, 3.05) is 19.7 Å². The predicted molar refractivity (Wildman–Crippen MR) is 114 cm³/mol. The third-order valence-electron chi connectivity index (χ3n) is 5.72. The number of hydrogen-bond donors (Lipinski definition) is 0. The monoisotopic (exact) mass is 406 g/mol. The van der Waals surface area contributed by atoms with Gasteiger partial charge < -0.3 is 9.64 Å². The van der Waals surface area contributed by atoms with Crippen molar-refractivity contribution in [1.29, 1.82) is 0 Å². The van der Waals surface area contributed by atoms with Gasteiger partial charge in [-0.3, -0.25) is 9.48 Å². The smallest absolute Gasteiger partial charge is 0.339 e. The molecule has 7 nitrogen and oxygen atoms in total. The largest absolute Gasteiger partial charge is 0.452 e. The van der Waals surface area contributed by atoms with E-state index < -0.39 is 5.97 Å². The number of esters is 1. The number of nitrogens with zero attached hydrogens (tertiary/aromatic N) is 4. The first-order valence-corrected chi connectivity index (χ1v) is 10.3. The molecule has 0 N–H and O–H groups in total. The minimum atomic E-state index is -0.533. The van der Waals surface area contributed by atoms with E-state index in [0.717, 1.165) is 31.5 Å². The standard InChI is InChI=1S/C23H26N4O3/c1-15-9-11-27(12-10-15)20(28)14-30-23(29)18-13-19(17-7-5-4-6-8-17)24-22-21(18)16(2)25-26(22)3/h4-8,13,15H,9-12,14H2,1-3H3. The van der Waals surface area contributed by atoms with E-state index in [-0.39, 0.29) is 12.5 Å². The first kappa shape index (κ1) is 20.1. The Balaban J connectivity index is 1.60. The Bertz CT molecular complexity index is 1080. The molecule has 0 bridgehead atoms. The summed E-state index contributed by atoms with van der Waals surface area (Å²) < 4.78 is 7.10. The number of piperidine rings is 1. The summed E-state index contributed by atoms with van der Waals surface area (Å²) in [4.78, 5) is 31.9. The number of hydrogen-bond acceptors (Lipinski definition) is 5. The average Bonchev–Trinajstić information content (AvgIpc) is 3.06. The van der Waals surface area contributed by atoms with Crippen molar-refractivity contribution in [1.82, 2.24) is 19.7 Å². The quantitative estimate of drug-likeness (QED) is 0.621. The fourth-order valence-electron chi connectivity index (χ4n) is 3.92. The van der Waals surface area contributed by atoms with Crippen LogP contribution in [-0.2, 0) is 16.6 Å². The zero-order chi connectivity index (χ0) is 21.3. The molecular weight excluding hydrogens is 380 g/mol. The molecular formula is C23H26N4O3. The molecule has 1 aliphatic heterocycles. The maximum Gasteiger partial charge on any atom is 0.339 e. The lowest BCUT2D eigenvalue weighted by Gasteiger charge is -2.30. The van der Waals surface area contributed by atoms with Crippen LogP contribution in [0.4, 0.5) is 0 Å². The van der Waals surface area contributed by atoms with Crippen molar-refractivity contribution in [3.63, 3.8) is 0 Å². The van der Waals surface area contributed by atoms with Crippen LogP contribution in [0.1, 0.15) is 35.8 Å². The lowest BCUT2D eigenvalue weighted by Crippen LogP contribution is -2.40. The first-order chi connectivity index (χ1) is 14.4. The molecule has 0 aliphatic carbocycles. The maximum absolute atomic E-state index is 13.0. The third-order valence-corrected chi connectivity index (χ3v) is 5.72. The van der Waals surface area contributed by atoms with Gasteiger partial charge in [-0.15, -0.1) is 0 Å². The molecule has 0 spiro atoms. The molecule has 0 saturated carbocycles. The molecule has 1 aromatic carbocycles. The van der Waals surface area contributed by atoms with Crippen LogP contribution in [0.15, 0.2) is 36.4 Å². The van der Waals surface area contributed by atoms with Gasteiger partial charge in [-0.05, 0) is 31.7 Å². The van der Waals surface area contributed by atoms with E-state index in [4.69, 9.17) is 9.72 Å². The molecule has 7 heteroatoms. The number of ether oxygens (including phenoxy) is 1. The number of aromatic nitrogens is 3. The number of fused-ring (bicyclic) bond motifs is 1. The zero-order valence-corrected chi connectivity index (χ0v) is 17.6. The molecule has 1 saturated heterocycles. The van der Waals surface area contributed by atoms with E-state index in [1.165, 1.54) is 0 Å². The molecule has 1 aliphatic rings. The van der Waals surface area contributed by atoms with Crippen LogP contribution in [0.5, 0.6) is 0 Å². The highest BCUT2D eigenvalue weighted by Crippen LogP contribution is 2.27. The Morgan fingerprint density at radius 2 is 1.87 bits per heavy atom. The number of rotatable bonds is 4. The molecule has 1 fully saturated rings. The second-order valence-corrected chi connectivity index (χ2v) is 7.97. The lowest BCUT2D eigenvalue weighted by molar-refractivity contribution is -0.135. The number of carbonyl (C=O) groups excluding carboxylic acids is 2. The Kier molecular flexibility index (Phi) is 5.53. The molecule has 0 radical (unpaired) electrons. The summed E-state index contributed by atoms with van der Waals surface area (Å²) in [5.74, 6) is -0.0483. The predicted octanol–water partition coefficient (Wildman–Crippen LogP) is 3.36. The average molecular weight is 406 g/mol. The lowest BCUT2D eigenvalue weighted by atomic mass is 9.99. The molecule has 3 heterocycles. The summed E-state index contributed by atoms with van der Waals surface area (Å²) in [6.45, 7) is 5.21. The summed E-state index contributed by atoms with van der Waals surface area (Å²) in [5.41, 5.74) is 3.24. The number of amides is 1. The van der Waals surface area contributed by atoms with Crippen LogP contribution in [0.25, 0.3) is 22.3 Å². The van der Waals surface area contributed by atoms with E-state index in [9.17, 15) is 9.59 Å². The van der Waals surface area contributed by atoms with E-state index in [1.807, 2.05) is 37.3 Å². The van der Waals surface area contributed by atoms with Crippen molar-refractivity contribution >= 4 is 22.9 Å². The topological polar surface area (TPSA) is 77.3 Å². The minimum absolute atomic E-state index is 0.147. The Morgan fingerprint density at radius 1 is 1.17 bits per heavy atom. The van der Waals surface area contributed by atoms with Crippen LogP contribution in [0, 0.1) is 12.8 Å². The second kappa shape index (κ2) is 8.26. The van der Waals surface area contributed by atoms with Crippen LogP contribution in [0.3, 0.4) is 0 Å². The molecule has 3 aromatic rings. The van der Waals surface area contributed by atoms with Gasteiger partial charge in [-0.1, -0.05) is 37.3 Å². The van der Waals surface area contributed by atoms with Crippen LogP contribution in [0.2, 0.25) is 0 Å². The molecule has 0 atom stereocenters. The van der Waals surface area contributed by atoms with Crippen molar-refractivity contribution in [2.45, 2.75) is 26.7 Å². The van der Waals surface area contributed by atoms with Crippen molar-refractivity contribution < 1.29 is 14.3 Å². The Morgan fingerprint density at radius 3 is 2.57 bits per heavy atom. The van der Waals surface area contributed by atoms with Gasteiger partial charge in [0.05, 0.1) is 22.3 Å². The number of pyridine rings is 1. The van der Waals surface area contributed by atoms with Gasteiger partial charge in [0.2, 0.25) is 0 Å². The first-order valence-electron chi connectivity index (χ1n) is 10.3. The van der Waals surface area contributed by atoms with Gasteiger partial charge in [0.1, 0.15) is 0 Å². The highest BCUT2D eigenvalue weighted by molar-refractivity contribution is 6.05. The van der Waals surface area contributed by atoms with Gasteiger partial charge in [0, 0.05) is 25.7 Å². The van der Waals surface area contributed by atoms with Crippen molar-refractivity contribution in [2.24, 2.45) is 13.0 Å². The molecule has 156 valence electrons. The minimum Gasteiger partial charge on any atom is -0.452 e. The molecule has 1 amide bonds. The van der Waals surface area contributed by atoms with Crippen LogP contribution >= 0.6 is 0 Å². The van der Waals surface area contributed by atoms with Gasteiger partial charge >= 0.3 is 5.97 Å². The summed E-state index contributed by atoms with van der Waals surface area (Å²) in [6, 6.07) is 11.4. The Hall–Kier alpha value is -3.22. The van der Waals surface area contributed by atoms with Crippen molar-refractivity contribution in [3.05, 3.63) is 47.7 Å². The SMILES string of the molecule is Cc1nn(C)c2nc(-c3ccccc3)cc(C(=O)OCC(=O)N3CCC(C)CC3)c12. The van der Waals surface area contributed by atoms with Gasteiger partial charge in [-0.25, -0.2) is 9.78 Å². The number of benzene rings is 1. The van der Waals surface area contributed by atoms with E-state index in [2.05, 4.69) is 12.0 Å². The van der Waals surface area contributed by atoms with Gasteiger partial charge in [-0.2, -0.15) is 5.10 Å². The third kappa shape index (κ3) is 3.92. The normalized spacial score (nSPS) is 14.8. The van der Waals surface area contributed by atoms with E-state index in [1.54, 1.807) is 22.7 Å². The summed E-state index contributed by atoms with van der Waals surface area (Å²) in [7, 11) is 1.80. The van der Waals surface area contributed by atoms with E-state index in [0.29, 0.717) is 33.9 Å². The summed E-state index contributed by atoms with van der Waals surface area (Å²) >= 11 is 0. The summed E-state index contributed by atoms with van der Waals surface area (Å²) in [5, 5.41) is 5.07.